The Balaban J connectivity index is 1.60. The maximum Gasteiger partial charge on any atom is 0.252 e. The first-order valence-corrected chi connectivity index (χ1v) is 9.52. The molecule has 6 heteroatoms. The largest absolute Gasteiger partial charge is 0.361 e. The molecular weight excluding hydrogens is 357 g/mol. The number of para-hydroxylation sites is 1. The fourth-order valence-electron chi connectivity index (χ4n) is 3.75. The summed E-state index contributed by atoms with van der Waals surface area (Å²) in [6.45, 7) is 1.41. The van der Waals surface area contributed by atoms with Gasteiger partial charge in [0.15, 0.2) is 0 Å². The number of nitrogens with zero attached hydrogens (tertiary/aromatic N) is 1. The Kier molecular flexibility index (Phi) is 5.10. The molecule has 1 aliphatic rings. The second kappa shape index (κ2) is 7.84. The summed E-state index contributed by atoms with van der Waals surface area (Å²) >= 11 is 0. The molecule has 0 spiro atoms. The van der Waals surface area contributed by atoms with Crippen LogP contribution in [0.2, 0.25) is 0 Å². The van der Waals surface area contributed by atoms with E-state index in [-0.39, 0.29) is 11.5 Å². The molecule has 28 heavy (non-hydrogen) atoms. The number of fused-ring (bicyclic) bond motifs is 1. The van der Waals surface area contributed by atoms with E-state index in [4.69, 9.17) is 0 Å². The monoisotopic (exact) mass is 379 g/mol. The van der Waals surface area contributed by atoms with Crippen LogP contribution in [-0.2, 0) is 11.2 Å². The molecule has 1 saturated heterocycles. The van der Waals surface area contributed by atoms with Crippen LogP contribution in [0.15, 0.2) is 54.7 Å². The molecule has 1 fully saturated rings. The summed E-state index contributed by atoms with van der Waals surface area (Å²) in [5.74, 6) is -1.02. The van der Waals surface area contributed by atoms with Crippen LogP contribution in [0.4, 0.5) is 4.39 Å². The fourth-order valence-corrected chi connectivity index (χ4v) is 3.75. The summed E-state index contributed by atoms with van der Waals surface area (Å²) in [6, 6.07) is 12.7. The van der Waals surface area contributed by atoms with Crippen molar-refractivity contribution >= 4 is 22.7 Å². The highest BCUT2D eigenvalue weighted by Gasteiger charge is 2.29. The van der Waals surface area contributed by atoms with E-state index in [1.807, 2.05) is 30.5 Å². The number of aromatic amines is 1. The van der Waals surface area contributed by atoms with Crippen molar-refractivity contribution in [1.29, 1.82) is 0 Å². The molecule has 4 rings (SSSR count). The Hall–Kier alpha value is -3.15. The smallest absolute Gasteiger partial charge is 0.252 e. The molecule has 2 heterocycles. The molecule has 2 aromatic carbocycles. The first-order valence-electron chi connectivity index (χ1n) is 9.52. The average molecular weight is 379 g/mol. The third-order valence-corrected chi connectivity index (χ3v) is 5.21. The minimum atomic E-state index is -0.701. The quantitative estimate of drug-likeness (QED) is 0.715. The van der Waals surface area contributed by atoms with Crippen LogP contribution in [0.1, 0.15) is 28.8 Å². The van der Waals surface area contributed by atoms with Crippen molar-refractivity contribution in [2.24, 2.45) is 0 Å². The number of hydrogen-bond donors (Lipinski definition) is 2. The van der Waals surface area contributed by atoms with Crippen molar-refractivity contribution < 1.29 is 14.0 Å². The van der Waals surface area contributed by atoms with E-state index in [0.29, 0.717) is 19.5 Å². The van der Waals surface area contributed by atoms with E-state index < -0.39 is 17.8 Å². The van der Waals surface area contributed by atoms with Crippen LogP contribution in [0.25, 0.3) is 10.9 Å². The molecule has 0 unspecified atom stereocenters. The van der Waals surface area contributed by atoms with Gasteiger partial charge < -0.3 is 15.2 Å². The number of carbonyl (C=O) groups excluding carboxylic acids is 2. The Morgan fingerprint density at radius 3 is 2.68 bits per heavy atom. The minimum Gasteiger partial charge on any atom is -0.361 e. The van der Waals surface area contributed by atoms with Crippen molar-refractivity contribution in [2.45, 2.75) is 25.3 Å². The van der Waals surface area contributed by atoms with Gasteiger partial charge in [-0.1, -0.05) is 24.3 Å². The van der Waals surface area contributed by atoms with Gasteiger partial charge in [-0.3, -0.25) is 9.59 Å². The van der Waals surface area contributed by atoms with Gasteiger partial charge in [0, 0.05) is 42.2 Å². The Morgan fingerprint density at radius 1 is 1.11 bits per heavy atom. The van der Waals surface area contributed by atoms with E-state index in [1.165, 1.54) is 18.2 Å². The van der Waals surface area contributed by atoms with Crippen molar-refractivity contribution in [3.63, 3.8) is 0 Å². The number of amides is 2. The van der Waals surface area contributed by atoms with Crippen LogP contribution in [0.3, 0.4) is 0 Å². The summed E-state index contributed by atoms with van der Waals surface area (Å²) < 4.78 is 13.5. The van der Waals surface area contributed by atoms with Crippen molar-refractivity contribution in [2.75, 3.05) is 13.1 Å². The molecular formula is C22H22FN3O2. The lowest BCUT2D eigenvalue weighted by atomic mass is 10.0. The number of rotatable bonds is 5. The molecule has 0 aliphatic carbocycles. The van der Waals surface area contributed by atoms with Gasteiger partial charge in [-0.2, -0.15) is 0 Å². The number of hydrogen-bond acceptors (Lipinski definition) is 2. The number of benzene rings is 2. The summed E-state index contributed by atoms with van der Waals surface area (Å²) in [6.07, 6.45) is 4.20. The van der Waals surface area contributed by atoms with Gasteiger partial charge in [0.2, 0.25) is 5.91 Å². The average Bonchev–Trinajstić information content (AvgIpc) is 3.37. The molecule has 0 radical (unpaired) electrons. The Labute approximate surface area is 162 Å². The summed E-state index contributed by atoms with van der Waals surface area (Å²) in [5, 5.41) is 3.86. The lowest BCUT2D eigenvalue weighted by molar-refractivity contribution is -0.132. The highest BCUT2D eigenvalue weighted by Crippen LogP contribution is 2.20. The first kappa shape index (κ1) is 18.2. The Bertz CT molecular complexity index is 1010. The predicted octanol–water partition coefficient (Wildman–Crippen LogP) is 3.27. The van der Waals surface area contributed by atoms with Crippen molar-refractivity contribution in [1.82, 2.24) is 15.2 Å². The highest BCUT2D eigenvalue weighted by molar-refractivity contribution is 5.98. The fraction of sp³-hybridized carbons (Fsp3) is 0.273. The summed E-state index contributed by atoms with van der Waals surface area (Å²) in [7, 11) is 0. The molecule has 0 saturated carbocycles. The number of likely N-dealkylation sites (tertiary alicyclic amines) is 1. The molecule has 1 aliphatic heterocycles. The van der Waals surface area contributed by atoms with Gasteiger partial charge >= 0.3 is 0 Å². The topological polar surface area (TPSA) is 65.2 Å². The maximum atomic E-state index is 13.5. The second-order valence-corrected chi connectivity index (χ2v) is 7.13. The van der Waals surface area contributed by atoms with E-state index in [0.717, 1.165) is 29.3 Å². The third-order valence-electron chi connectivity index (χ3n) is 5.21. The van der Waals surface area contributed by atoms with E-state index in [9.17, 15) is 14.0 Å². The maximum absolute atomic E-state index is 13.5. The molecule has 1 aromatic heterocycles. The first-order chi connectivity index (χ1) is 13.6. The molecule has 2 amide bonds. The van der Waals surface area contributed by atoms with Crippen LogP contribution in [-0.4, -0.2) is 40.8 Å². The zero-order chi connectivity index (χ0) is 19.5. The SMILES string of the molecule is O=C(N[C@H](Cc1c[nH]c2ccccc12)C(=O)N1CCCC1)c1cccc(F)c1. The van der Waals surface area contributed by atoms with E-state index >= 15 is 0 Å². The third kappa shape index (κ3) is 3.76. The number of aromatic nitrogens is 1. The van der Waals surface area contributed by atoms with Crippen molar-refractivity contribution in [3.8, 4) is 0 Å². The van der Waals surface area contributed by atoms with Crippen LogP contribution >= 0.6 is 0 Å². The standard InChI is InChI=1S/C22H22FN3O2/c23-17-7-5-6-15(12-17)21(27)25-20(22(28)26-10-3-4-11-26)13-16-14-24-19-9-2-1-8-18(16)19/h1-2,5-9,12,14,20,24H,3-4,10-11,13H2,(H,25,27)/t20-/m1/s1. The summed E-state index contributed by atoms with van der Waals surface area (Å²) in [5.41, 5.74) is 2.16. The lowest BCUT2D eigenvalue weighted by Gasteiger charge is -2.24. The highest BCUT2D eigenvalue weighted by atomic mass is 19.1. The van der Waals surface area contributed by atoms with E-state index in [1.54, 1.807) is 11.0 Å². The van der Waals surface area contributed by atoms with Crippen molar-refractivity contribution in [3.05, 3.63) is 71.7 Å². The van der Waals surface area contributed by atoms with Gasteiger partial charge in [0.1, 0.15) is 11.9 Å². The number of nitrogens with one attached hydrogen (secondary N) is 2. The zero-order valence-corrected chi connectivity index (χ0v) is 15.5. The molecule has 1 atom stereocenters. The van der Waals surface area contributed by atoms with E-state index in [2.05, 4.69) is 10.3 Å². The predicted molar refractivity (Wildman–Crippen MR) is 105 cm³/mol. The van der Waals surface area contributed by atoms with Gasteiger partial charge in [-0.25, -0.2) is 4.39 Å². The van der Waals surface area contributed by atoms with Crippen LogP contribution in [0.5, 0.6) is 0 Å². The lowest BCUT2D eigenvalue weighted by Crippen LogP contribution is -2.49. The molecule has 0 bridgehead atoms. The van der Waals surface area contributed by atoms with Crippen LogP contribution in [0, 0.1) is 5.82 Å². The molecule has 3 aromatic rings. The van der Waals surface area contributed by atoms with Gasteiger partial charge in [0.25, 0.3) is 5.91 Å². The second-order valence-electron chi connectivity index (χ2n) is 7.13. The minimum absolute atomic E-state index is 0.0902. The Morgan fingerprint density at radius 2 is 1.89 bits per heavy atom. The van der Waals surface area contributed by atoms with Crippen LogP contribution < -0.4 is 5.32 Å². The molecule has 5 nitrogen and oxygen atoms in total. The van der Waals surface area contributed by atoms with Gasteiger partial charge in [-0.15, -0.1) is 0 Å². The normalized spacial score (nSPS) is 15.0. The molecule has 144 valence electrons. The molecule has 2 N–H and O–H groups in total. The number of carbonyl (C=O) groups is 2. The summed E-state index contributed by atoms with van der Waals surface area (Å²) in [4.78, 5) is 30.7. The number of halogens is 1. The van der Waals surface area contributed by atoms with Gasteiger partial charge in [0.05, 0.1) is 0 Å². The van der Waals surface area contributed by atoms with Gasteiger partial charge in [-0.05, 0) is 42.7 Å². The number of H-pyrrole nitrogens is 1. The zero-order valence-electron chi connectivity index (χ0n) is 15.5.